The minimum atomic E-state index is 0.424. The lowest BCUT2D eigenvalue weighted by Gasteiger charge is -2.17. The Morgan fingerprint density at radius 3 is 2.44 bits per heavy atom. The molecule has 0 aliphatic carbocycles. The van der Waals surface area contributed by atoms with Crippen molar-refractivity contribution in [1.82, 2.24) is 5.32 Å². The standard InChI is InChI=1S/C21H29NO3/c1-15(2)18-10-9-16(3)13-20(18)24-11-12-25-21-17(14-22-4)7-6-8-19(21)23-5/h6-10,13,15,22H,11-12,14H2,1-5H3. The van der Waals surface area contributed by atoms with Gasteiger partial charge in [0.1, 0.15) is 19.0 Å². The zero-order valence-corrected chi connectivity index (χ0v) is 15.9. The van der Waals surface area contributed by atoms with Crippen molar-refractivity contribution in [1.29, 1.82) is 0 Å². The van der Waals surface area contributed by atoms with Crippen LogP contribution in [-0.2, 0) is 6.54 Å². The third-order valence-electron chi connectivity index (χ3n) is 4.03. The van der Waals surface area contributed by atoms with E-state index in [1.54, 1.807) is 7.11 Å². The van der Waals surface area contributed by atoms with E-state index < -0.39 is 0 Å². The van der Waals surface area contributed by atoms with E-state index in [1.165, 1.54) is 11.1 Å². The lowest BCUT2D eigenvalue weighted by atomic mass is 10.0. The monoisotopic (exact) mass is 343 g/mol. The van der Waals surface area contributed by atoms with Crippen LogP contribution < -0.4 is 19.5 Å². The second kappa shape index (κ2) is 9.33. The van der Waals surface area contributed by atoms with Crippen LogP contribution >= 0.6 is 0 Å². The highest BCUT2D eigenvalue weighted by atomic mass is 16.5. The Labute approximate surface area is 151 Å². The Kier molecular flexibility index (Phi) is 7.14. The number of hydrogen-bond donors (Lipinski definition) is 1. The molecule has 0 bridgehead atoms. The maximum Gasteiger partial charge on any atom is 0.165 e. The van der Waals surface area contributed by atoms with Crippen LogP contribution in [0.2, 0.25) is 0 Å². The van der Waals surface area contributed by atoms with Gasteiger partial charge in [-0.3, -0.25) is 0 Å². The predicted molar refractivity (Wildman–Crippen MR) is 102 cm³/mol. The highest BCUT2D eigenvalue weighted by Crippen LogP contribution is 2.31. The van der Waals surface area contributed by atoms with E-state index in [0.717, 1.165) is 29.4 Å². The molecule has 0 aliphatic rings. The first-order valence-electron chi connectivity index (χ1n) is 8.73. The molecule has 0 spiro atoms. The van der Waals surface area contributed by atoms with Gasteiger partial charge < -0.3 is 19.5 Å². The summed E-state index contributed by atoms with van der Waals surface area (Å²) in [6.07, 6.45) is 0. The van der Waals surface area contributed by atoms with Crippen LogP contribution in [0.25, 0.3) is 0 Å². The maximum absolute atomic E-state index is 5.99. The second-order valence-corrected chi connectivity index (χ2v) is 6.37. The molecule has 0 amide bonds. The molecule has 0 radical (unpaired) electrons. The van der Waals surface area contributed by atoms with Crippen molar-refractivity contribution in [3.8, 4) is 17.2 Å². The van der Waals surface area contributed by atoms with Gasteiger partial charge in [0.2, 0.25) is 0 Å². The van der Waals surface area contributed by atoms with Crippen molar-refractivity contribution in [3.05, 3.63) is 53.1 Å². The second-order valence-electron chi connectivity index (χ2n) is 6.37. The van der Waals surface area contributed by atoms with Gasteiger partial charge in [-0.1, -0.05) is 38.1 Å². The van der Waals surface area contributed by atoms with Crippen molar-refractivity contribution < 1.29 is 14.2 Å². The molecule has 0 fully saturated rings. The minimum absolute atomic E-state index is 0.424. The smallest absolute Gasteiger partial charge is 0.165 e. The van der Waals surface area contributed by atoms with Crippen molar-refractivity contribution in [2.45, 2.75) is 33.2 Å². The molecule has 0 atom stereocenters. The first-order chi connectivity index (χ1) is 12.1. The fraction of sp³-hybridized carbons (Fsp3) is 0.429. The molecule has 4 heteroatoms. The number of hydrogen-bond acceptors (Lipinski definition) is 4. The Morgan fingerprint density at radius 1 is 1.00 bits per heavy atom. The molecule has 136 valence electrons. The average Bonchev–Trinajstić information content (AvgIpc) is 2.59. The van der Waals surface area contributed by atoms with Gasteiger partial charge in [0, 0.05) is 12.1 Å². The summed E-state index contributed by atoms with van der Waals surface area (Å²) in [5, 5.41) is 3.15. The fourth-order valence-electron chi connectivity index (χ4n) is 2.75. The lowest BCUT2D eigenvalue weighted by Crippen LogP contribution is -2.13. The Balaban J connectivity index is 2.01. The summed E-state index contributed by atoms with van der Waals surface area (Å²) in [7, 11) is 3.57. The molecule has 25 heavy (non-hydrogen) atoms. The number of benzene rings is 2. The molecule has 0 saturated carbocycles. The molecule has 0 heterocycles. The summed E-state index contributed by atoms with van der Waals surface area (Å²) in [5.74, 6) is 2.88. The lowest BCUT2D eigenvalue weighted by molar-refractivity contribution is 0.208. The molecule has 0 saturated heterocycles. The molecular weight excluding hydrogens is 314 g/mol. The molecule has 1 N–H and O–H groups in total. The van der Waals surface area contributed by atoms with Gasteiger partial charge in [-0.25, -0.2) is 0 Å². The van der Waals surface area contributed by atoms with E-state index in [9.17, 15) is 0 Å². The SMILES string of the molecule is CNCc1cccc(OC)c1OCCOc1cc(C)ccc1C(C)C. The van der Waals surface area contributed by atoms with Crippen LogP contribution in [0.5, 0.6) is 17.2 Å². The van der Waals surface area contributed by atoms with Gasteiger partial charge in [0.15, 0.2) is 11.5 Å². The van der Waals surface area contributed by atoms with Gasteiger partial charge in [0.05, 0.1) is 7.11 Å². The number of methoxy groups -OCH3 is 1. The third kappa shape index (κ3) is 5.13. The normalized spacial score (nSPS) is 10.8. The van der Waals surface area contributed by atoms with Crippen molar-refractivity contribution in [3.63, 3.8) is 0 Å². The Morgan fingerprint density at radius 2 is 1.76 bits per heavy atom. The van der Waals surface area contributed by atoms with Crippen LogP contribution in [0.1, 0.15) is 36.5 Å². The zero-order chi connectivity index (χ0) is 18.2. The average molecular weight is 343 g/mol. The van der Waals surface area contributed by atoms with Gasteiger partial charge in [-0.2, -0.15) is 0 Å². The van der Waals surface area contributed by atoms with E-state index in [4.69, 9.17) is 14.2 Å². The van der Waals surface area contributed by atoms with Crippen LogP contribution in [0.4, 0.5) is 0 Å². The minimum Gasteiger partial charge on any atom is -0.493 e. The number of rotatable bonds is 9. The third-order valence-corrected chi connectivity index (χ3v) is 4.03. The number of para-hydroxylation sites is 1. The van der Waals surface area contributed by atoms with E-state index in [2.05, 4.69) is 44.3 Å². The first kappa shape index (κ1) is 19.1. The summed E-state index contributed by atoms with van der Waals surface area (Å²) in [5.41, 5.74) is 3.49. The van der Waals surface area contributed by atoms with Crippen molar-refractivity contribution in [2.24, 2.45) is 0 Å². The van der Waals surface area contributed by atoms with E-state index in [0.29, 0.717) is 19.1 Å². The van der Waals surface area contributed by atoms with E-state index in [-0.39, 0.29) is 0 Å². The topological polar surface area (TPSA) is 39.7 Å². The first-order valence-corrected chi connectivity index (χ1v) is 8.73. The number of nitrogens with one attached hydrogen (secondary N) is 1. The Bertz CT molecular complexity index is 683. The maximum atomic E-state index is 5.99. The molecule has 0 aromatic heterocycles. The van der Waals surface area contributed by atoms with Gasteiger partial charge in [-0.15, -0.1) is 0 Å². The Hall–Kier alpha value is -2.20. The molecule has 2 rings (SSSR count). The molecular formula is C21H29NO3. The van der Waals surface area contributed by atoms with Crippen LogP contribution in [-0.4, -0.2) is 27.4 Å². The highest BCUT2D eigenvalue weighted by molar-refractivity contribution is 5.46. The largest absolute Gasteiger partial charge is 0.493 e. The van der Waals surface area contributed by atoms with Gasteiger partial charge >= 0.3 is 0 Å². The summed E-state index contributed by atoms with van der Waals surface area (Å²) in [6.45, 7) is 8.09. The molecule has 0 aliphatic heterocycles. The summed E-state index contributed by atoms with van der Waals surface area (Å²) < 4.78 is 17.4. The summed E-state index contributed by atoms with van der Waals surface area (Å²) in [6, 6.07) is 12.3. The predicted octanol–water partition coefficient (Wildman–Crippen LogP) is 4.30. The highest BCUT2D eigenvalue weighted by Gasteiger charge is 2.11. The molecule has 2 aromatic carbocycles. The summed E-state index contributed by atoms with van der Waals surface area (Å²) in [4.78, 5) is 0. The van der Waals surface area contributed by atoms with Gasteiger partial charge in [0.25, 0.3) is 0 Å². The zero-order valence-electron chi connectivity index (χ0n) is 15.9. The molecule has 0 unspecified atom stereocenters. The quantitative estimate of drug-likeness (QED) is 0.689. The van der Waals surface area contributed by atoms with Crippen molar-refractivity contribution >= 4 is 0 Å². The van der Waals surface area contributed by atoms with Crippen LogP contribution in [0.3, 0.4) is 0 Å². The summed E-state index contributed by atoms with van der Waals surface area (Å²) >= 11 is 0. The van der Waals surface area contributed by atoms with Crippen molar-refractivity contribution in [2.75, 3.05) is 27.4 Å². The fourth-order valence-corrected chi connectivity index (χ4v) is 2.75. The van der Waals surface area contributed by atoms with Crippen LogP contribution in [0.15, 0.2) is 36.4 Å². The van der Waals surface area contributed by atoms with E-state index in [1.807, 2.05) is 25.2 Å². The van der Waals surface area contributed by atoms with Gasteiger partial charge in [-0.05, 0) is 43.1 Å². The number of aryl methyl sites for hydroxylation is 1. The molecule has 2 aromatic rings. The molecule has 4 nitrogen and oxygen atoms in total. The van der Waals surface area contributed by atoms with Crippen LogP contribution in [0, 0.1) is 6.92 Å². The number of ether oxygens (including phenoxy) is 3. The van der Waals surface area contributed by atoms with E-state index >= 15 is 0 Å².